The van der Waals surface area contributed by atoms with Gasteiger partial charge in [-0.15, -0.1) is 0 Å². The van der Waals surface area contributed by atoms with Gasteiger partial charge < -0.3 is 15.4 Å². The molecule has 0 saturated carbocycles. The minimum Gasteiger partial charge on any atom is -0.493 e. The third-order valence-corrected chi connectivity index (χ3v) is 4.01. The highest BCUT2D eigenvalue weighted by Gasteiger charge is 2.20. The van der Waals surface area contributed by atoms with Gasteiger partial charge in [0, 0.05) is 18.7 Å². The van der Waals surface area contributed by atoms with E-state index in [1.807, 2.05) is 36.1 Å². The van der Waals surface area contributed by atoms with E-state index >= 15 is 0 Å². The highest BCUT2D eigenvalue weighted by Crippen LogP contribution is 2.31. The molecule has 3 rings (SSSR count). The topological polar surface area (TPSA) is 107 Å². The molecule has 1 aliphatic heterocycles. The molecule has 2 aromatic rings. The number of benzene rings is 1. The number of nitro groups is 1. The number of hydrogen-bond acceptors (Lipinski definition) is 7. The molecule has 0 bridgehead atoms. The first kappa shape index (κ1) is 16.7. The first-order valence-electron chi connectivity index (χ1n) is 8.03. The standard InChI is InChI=1S/C17H19N5O3/c1-2-25-15-6-4-3-5-13(15)12-7-9-21(10-8-12)17-19-11-14(22(23)24)16(18)20-17/h3-7,11H,2,8-10H2,1H3,(H2,18,19,20). The number of hydrogen-bond donors (Lipinski definition) is 1. The predicted octanol–water partition coefficient (Wildman–Crippen LogP) is 2.66. The summed E-state index contributed by atoms with van der Waals surface area (Å²) in [5, 5.41) is 10.8. The van der Waals surface area contributed by atoms with Gasteiger partial charge in [0.15, 0.2) is 0 Å². The quantitative estimate of drug-likeness (QED) is 0.658. The normalized spacial score (nSPS) is 14.1. The largest absolute Gasteiger partial charge is 0.493 e. The van der Waals surface area contributed by atoms with Gasteiger partial charge in [0.25, 0.3) is 0 Å². The van der Waals surface area contributed by atoms with E-state index in [-0.39, 0.29) is 11.5 Å². The Bertz CT molecular complexity index is 822. The third-order valence-electron chi connectivity index (χ3n) is 4.01. The van der Waals surface area contributed by atoms with Crippen molar-refractivity contribution in [2.24, 2.45) is 0 Å². The van der Waals surface area contributed by atoms with Crippen molar-refractivity contribution < 1.29 is 9.66 Å². The fraction of sp³-hybridized carbons (Fsp3) is 0.294. The Morgan fingerprint density at radius 2 is 2.20 bits per heavy atom. The molecule has 1 aromatic carbocycles. The molecular weight excluding hydrogens is 322 g/mol. The molecule has 25 heavy (non-hydrogen) atoms. The van der Waals surface area contributed by atoms with Crippen molar-refractivity contribution in [3.63, 3.8) is 0 Å². The Kier molecular flexibility index (Phi) is 4.78. The second-order valence-corrected chi connectivity index (χ2v) is 5.55. The van der Waals surface area contributed by atoms with Gasteiger partial charge in [-0.3, -0.25) is 10.1 Å². The molecule has 2 heterocycles. The van der Waals surface area contributed by atoms with Gasteiger partial charge in [-0.25, -0.2) is 4.98 Å². The number of nitrogens with zero attached hydrogens (tertiary/aromatic N) is 4. The Morgan fingerprint density at radius 3 is 2.84 bits per heavy atom. The van der Waals surface area contributed by atoms with Gasteiger partial charge in [-0.05, 0) is 25.0 Å². The molecule has 0 saturated heterocycles. The van der Waals surface area contributed by atoms with Crippen LogP contribution in [0.1, 0.15) is 18.9 Å². The van der Waals surface area contributed by atoms with Crippen molar-refractivity contribution in [3.05, 3.63) is 52.2 Å². The molecule has 1 aromatic heterocycles. The summed E-state index contributed by atoms with van der Waals surface area (Å²) in [6.07, 6.45) is 4.05. The van der Waals surface area contributed by atoms with Gasteiger partial charge in [-0.2, -0.15) is 4.98 Å². The van der Waals surface area contributed by atoms with Crippen LogP contribution in [0.15, 0.2) is 36.5 Å². The van der Waals surface area contributed by atoms with Crippen molar-refractivity contribution in [1.29, 1.82) is 0 Å². The van der Waals surface area contributed by atoms with Crippen LogP contribution in [0.5, 0.6) is 5.75 Å². The zero-order valence-electron chi connectivity index (χ0n) is 13.9. The van der Waals surface area contributed by atoms with E-state index < -0.39 is 4.92 Å². The maximum atomic E-state index is 10.8. The monoisotopic (exact) mass is 341 g/mol. The number of ether oxygens (including phenoxy) is 1. The minimum atomic E-state index is -0.585. The Morgan fingerprint density at radius 1 is 1.40 bits per heavy atom. The molecule has 0 amide bonds. The summed E-state index contributed by atoms with van der Waals surface area (Å²) in [5.41, 5.74) is 7.67. The molecule has 130 valence electrons. The molecule has 0 radical (unpaired) electrons. The van der Waals surface area contributed by atoms with Crippen molar-refractivity contribution >= 4 is 23.0 Å². The molecule has 8 heteroatoms. The van der Waals surface area contributed by atoms with Crippen LogP contribution in [0.4, 0.5) is 17.5 Å². The Hall–Kier alpha value is -3.16. The summed E-state index contributed by atoms with van der Waals surface area (Å²) >= 11 is 0. The highest BCUT2D eigenvalue weighted by molar-refractivity contribution is 5.72. The van der Waals surface area contributed by atoms with Gasteiger partial charge >= 0.3 is 5.69 Å². The lowest BCUT2D eigenvalue weighted by molar-refractivity contribution is -0.384. The van der Waals surface area contributed by atoms with E-state index in [0.717, 1.165) is 23.9 Å². The van der Waals surface area contributed by atoms with E-state index in [1.54, 1.807) is 0 Å². The van der Waals surface area contributed by atoms with Gasteiger partial charge in [0.05, 0.1) is 11.5 Å². The van der Waals surface area contributed by atoms with Gasteiger partial charge in [0.2, 0.25) is 11.8 Å². The van der Waals surface area contributed by atoms with Crippen LogP contribution >= 0.6 is 0 Å². The lowest BCUT2D eigenvalue weighted by Crippen LogP contribution is -2.30. The van der Waals surface area contributed by atoms with E-state index in [0.29, 0.717) is 25.6 Å². The first-order chi connectivity index (χ1) is 12.1. The van der Waals surface area contributed by atoms with E-state index in [2.05, 4.69) is 16.0 Å². The maximum absolute atomic E-state index is 10.8. The molecule has 0 spiro atoms. The zero-order valence-corrected chi connectivity index (χ0v) is 13.9. The SMILES string of the molecule is CCOc1ccccc1C1=CCN(c2ncc([N+](=O)[O-])c(N)n2)CC1. The summed E-state index contributed by atoms with van der Waals surface area (Å²) in [6.45, 7) is 3.88. The van der Waals surface area contributed by atoms with Crippen LogP contribution < -0.4 is 15.4 Å². The molecule has 0 atom stereocenters. The van der Waals surface area contributed by atoms with Crippen LogP contribution in [0, 0.1) is 10.1 Å². The fourth-order valence-corrected chi connectivity index (χ4v) is 2.78. The third kappa shape index (κ3) is 3.52. The van der Waals surface area contributed by atoms with E-state index in [9.17, 15) is 10.1 Å². The van der Waals surface area contributed by atoms with Crippen LogP contribution in [0.2, 0.25) is 0 Å². The van der Waals surface area contributed by atoms with E-state index in [1.165, 1.54) is 5.57 Å². The summed E-state index contributed by atoms with van der Waals surface area (Å²) in [5.74, 6) is 1.16. The molecule has 8 nitrogen and oxygen atoms in total. The molecular formula is C17H19N5O3. The summed E-state index contributed by atoms with van der Waals surface area (Å²) in [7, 11) is 0. The minimum absolute atomic E-state index is 0.119. The number of para-hydroxylation sites is 1. The van der Waals surface area contributed by atoms with Crippen molar-refractivity contribution in [2.45, 2.75) is 13.3 Å². The van der Waals surface area contributed by atoms with Gasteiger partial charge in [-0.1, -0.05) is 24.3 Å². The second-order valence-electron chi connectivity index (χ2n) is 5.55. The summed E-state index contributed by atoms with van der Waals surface area (Å²) < 4.78 is 5.69. The number of aromatic nitrogens is 2. The summed E-state index contributed by atoms with van der Waals surface area (Å²) in [4.78, 5) is 20.3. The van der Waals surface area contributed by atoms with Crippen LogP contribution in [0.25, 0.3) is 5.57 Å². The number of rotatable bonds is 5. The lowest BCUT2D eigenvalue weighted by Gasteiger charge is -2.27. The smallest absolute Gasteiger partial charge is 0.329 e. The predicted molar refractivity (Wildman–Crippen MR) is 95.5 cm³/mol. The van der Waals surface area contributed by atoms with Crippen LogP contribution in [0.3, 0.4) is 0 Å². The lowest BCUT2D eigenvalue weighted by atomic mass is 9.98. The molecule has 0 unspecified atom stereocenters. The number of nitrogens with two attached hydrogens (primary N) is 1. The van der Waals surface area contributed by atoms with Crippen molar-refractivity contribution in [1.82, 2.24) is 9.97 Å². The maximum Gasteiger partial charge on any atom is 0.329 e. The van der Waals surface area contributed by atoms with Crippen molar-refractivity contribution in [2.75, 3.05) is 30.3 Å². The Balaban J connectivity index is 1.79. The van der Waals surface area contributed by atoms with Crippen LogP contribution in [-0.2, 0) is 0 Å². The average molecular weight is 341 g/mol. The molecule has 0 aliphatic carbocycles. The first-order valence-corrected chi connectivity index (χ1v) is 8.03. The van der Waals surface area contributed by atoms with Crippen molar-refractivity contribution in [3.8, 4) is 5.75 Å². The second kappa shape index (κ2) is 7.16. The average Bonchev–Trinajstić information content (AvgIpc) is 2.62. The highest BCUT2D eigenvalue weighted by atomic mass is 16.6. The zero-order chi connectivity index (χ0) is 17.8. The van der Waals surface area contributed by atoms with E-state index in [4.69, 9.17) is 10.5 Å². The number of anilines is 2. The Labute approximate surface area is 145 Å². The molecule has 1 aliphatic rings. The molecule has 0 fully saturated rings. The fourth-order valence-electron chi connectivity index (χ4n) is 2.78. The molecule has 2 N–H and O–H groups in total. The number of nitrogen functional groups attached to an aromatic ring is 1. The van der Waals surface area contributed by atoms with Crippen LogP contribution in [-0.4, -0.2) is 34.6 Å². The van der Waals surface area contributed by atoms with Gasteiger partial charge in [0.1, 0.15) is 11.9 Å². The summed E-state index contributed by atoms with van der Waals surface area (Å²) in [6, 6.07) is 7.96.